The highest BCUT2D eigenvalue weighted by molar-refractivity contribution is 9.09. The van der Waals surface area contributed by atoms with Crippen LogP contribution in [0.1, 0.15) is 0 Å². The first kappa shape index (κ1) is 11.0. The number of hydrogen-bond donors (Lipinski definition) is 1. The first-order chi connectivity index (χ1) is 5.17. The second kappa shape index (κ2) is 5.60. The quantitative estimate of drug-likeness (QED) is 0.426. The fourth-order valence-corrected chi connectivity index (χ4v) is 1.15. The number of ether oxygens (including phenoxy) is 1. The molecule has 0 rings (SSSR count). The van der Waals surface area contributed by atoms with Crippen molar-refractivity contribution in [1.82, 2.24) is 0 Å². The minimum atomic E-state index is -0.701. The molecule has 5 heteroatoms. The maximum atomic E-state index is 10.9. The third kappa shape index (κ3) is 3.25. The number of esters is 1. The molecule has 1 N–H and O–H groups in total. The zero-order valence-electron chi connectivity index (χ0n) is 6.58. The highest BCUT2D eigenvalue weighted by Crippen LogP contribution is 2.13. The van der Waals surface area contributed by atoms with Gasteiger partial charge in [0.2, 0.25) is 0 Å². The van der Waals surface area contributed by atoms with Crippen LogP contribution in [0.2, 0.25) is 12.6 Å². The molecule has 0 aliphatic heterocycles. The van der Waals surface area contributed by atoms with Crippen molar-refractivity contribution < 1.29 is 14.6 Å². The summed E-state index contributed by atoms with van der Waals surface area (Å²) in [5.41, 5.74) is 0. The Morgan fingerprint density at radius 1 is 1.82 bits per heavy atom. The summed E-state index contributed by atoms with van der Waals surface area (Å²) < 4.78 is 4.48. The predicted molar refractivity (Wildman–Crippen MR) is 47.2 cm³/mol. The summed E-state index contributed by atoms with van der Waals surface area (Å²) in [5, 5.41) is 9.61. The molecule has 0 unspecified atom stereocenters. The molecule has 0 aliphatic rings. The standard InChI is InChI=1S/C6H11BBrO3/c1-7-5(4(9)3-8)6(10)11-2/h4-5,9H,3H2,1-2H3/t4-,5+/m1/s1. The number of aliphatic hydroxyl groups excluding tert-OH is 1. The van der Waals surface area contributed by atoms with Gasteiger partial charge in [-0.05, 0) is 0 Å². The van der Waals surface area contributed by atoms with Crippen molar-refractivity contribution in [3.8, 4) is 0 Å². The van der Waals surface area contributed by atoms with Crippen molar-refractivity contribution in [2.24, 2.45) is 0 Å². The molecule has 0 aromatic heterocycles. The van der Waals surface area contributed by atoms with E-state index in [0.717, 1.165) is 0 Å². The lowest BCUT2D eigenvalue weighted by Crippen LogP contribution is -2.28. The van der Waals surface area contributed by atoms with Crippen molar-refractivity contribution in [1.29, 1.82) is 0 Å². The van der Waals surface area contributed by atoms with Gasteiger partial charge in [0.1, 0.15) is 7.28 Å². The van der Waals surface area contributed by atoms with E-state index in [9.17, 15) is 9.90 Å². The Morgan fingerprint density at radius 3 is 2.64 bits per heavy atom. The fraction of sp³-hybridized carbons (Fsp3) is 0.833. The maximum Gasteiger partial charge on any atom is 0.303 e. The molecule has 0 saturated heterocycles. The van der Waals surface area contributed by atoms with Gasteiger partial charge in [-0.15, -0.1) is 0 Å². The molecule has 0 heterocycles. The van der Waals surface area contributed by atoms with E-state index in [1.807, 2.05) is 0 Å². The van der Waals surface area contributed by atoms with Crippen molar-refractivity contribution >= 4 is 29.2 Å². The number of halogens is 1. The fourth-order valence-electron chi connectivity index (χ4n) is 0.747. The largest absolute Gasteiger partial charge is 0.469 e. The number of alkyl halides is 1. The Balaban J connectivity index is 4.03. The third-order valence-electron chi connectivity index (χ3n) is 1.41. The Bertz CT molecular complexity index is 131. The lowest BCUT2D eigenvalue weighted by atomic mass is 9.64. The molecule has 1 radical (unpaired) electrons. The molecule has 0 aromatic carbocycles. The van der Waals surface area contributed by atoms with E-state index in [0.29, 0.717) is 5.33 Å². The summed E-state index contributed by atoms with van der Waals surface area (Å²) in [4.78, 5) is 10.9. The predicted octanol–water partition coefficient (Wildman–Crippen LogP) is 0.456. The van der Waals surface area contributed by atoms with Crippen LogP contribution in [0.4, 0.5) is 0 Å². The first-order valence-corrected chi connectivity index (χ1v) is 4.40. The summed E-state index contributed by atoms with van der Waals surface area (Å²) in [7, 11) is 2.93. The first-order valence-electron chi connectivity index (χ1n) is 3.28. The van der Waals surface area contributed by atoms with Crippen LogP contribution in [-0.4, -0.2) is 36.9 Å². The van der Waals surface area contributed by atoms with Crippen molar-refractivity contribution in [3.63, 3.8) is 0 Å². The molecule has 63 valence electrons. The summed E-state index contributed by atoms with van der Waals surface area (Å²) in [5.74, 6) is -0.932. The van der Waals surface area contributed by atoms with Crippen LogP contribution in [0.15, 0.2) is 0 Å². The lowest BCUT2D eigenvalue weighted by molar-refractivity contribution is -0.142. The van der Waals surface area contributed by atoms with Gasteiger partial charge in [0.25, 0.3) is 0 Å². The number of aliphatic hydroxyl groups is 1. The van der Waals surface area contributed by atoms with E-state index in [1.165, 1.54) is 7.11 Å². The average Bonchev–Trinajstić information content (AvgIpc) is 2.05. The van der Waals surface area contributed by atoms with Crippen molar-refractivity contribution in [2.45, 2.75) is 18.7 Å². The topological polar surface area (TPSA) is 46.5 Å². The van der Waals surface area contributed by atoms with Gasteiger partial charge in [-0.25, -0.2) is 0 Å². The van der Waals surface area contributed by atoms with Crippen LogP contribution in [0.5, 0.6) is 0 Å². The second-order valence-corrected chi connectivity index (χ2v) is 2.75. The van der Waals surface area contributed by atoms with Gasteiger partial charge in [-0.2, -0.15) is 0 Å². The highest BCUT2D eigenvalue weighted by Gasteiger charge is 2.24. The van der Waals surface area contributed by atoms with E-state index in [-0.39, 0.29) is 0 Å². The average molecular weight is 222 g/mol. The molecule has 0 aromatic rings. The number of carbonyl (C=O) groups is 1. The van der Waals surface area contributed by atoms with Gasteiger partial charge in [-0.1, -0.05) is 22.8 Å². The summed E-state index contributed by atoms with van der Waals surface area (Å²) in [6, 6.07) is 0. The molecule has 3 nitrogen and oxygen atoms in total. The monoisotopic (exact) mass is 221 g/mol. The minimum Gasteiger partial charge on any atom is -0.469 e. The Kier molecular flexibility index (Phi) is 5.59. The highest BCUT2D eigenvalue weighted by atomic mass is 79.9. The summed E-state index contributed by atoms with van der Waals surface area (Å²) >= 11 is 3.08. The molecule has 0 amide bonds. The van der Waals surface area contributed by atoms with E-state index in [1.54, 1.807) is 14.1 Å². The normalized spacial score (nSPS) is 15.3. The van der Waals surface area contributed by atoms with E-state index in [2.05, 4.69) is 20.7 Å². The molecule has 0 aliphatic carbocycles. The van der Waals surface area contributed by atoms with Gasteiger partial charge in [0.15, 0.2) is 0 Å². The second-order valence-electron chi connectivity index (χ2n) is 2.10. The van der Waals surface area contributed by atoms with Crippen molar-refractivity contribution in [2.75, 3.05) is 12.4 Å². The van der Waals surface area contributed by atoms with E-state index >= 15 is 0 Å². The van der Waals surface area contributed by atoms with Crippen LogP contribution in [-0.2, 0) is 9.53 Å². The molecular formula is C6H11BBrO3. The SMILES string of the molecule is C[B][C@H](C(=O)OC)[C@H](O)CBr. The van der Waals surface area contributed by atoms with Gasteiger partial charge >= 0.3 is 5.97 Å². The van der Waals surface area contributed by atoms with Crippen LogP contribution >= 0.6 is 15.9 Å². The third-order valence-corrected chi connectivity index (χ3v) is 2.07. The molecule has 0 saturated carbocycles. The van der Waals surface area contributed by atoms with E-state index < -0.39 is 17.9 Å². The molecule has 0 spiro atoms. The summed E-state index contributed by atoms with van der Waals surface area (Å²) in [6.07, 6.45) is -0.701. The minimum absolute atomic E-state index is 0.372. The molecule has 2 atom stereocenters. The Hall–Kier alpha value is -0.0251. The van der Waals surface area contributed by atoms with Gasteiger partial charge in [0, 0.05) is 5.33 Å². The molecule has 0 fully saturated rings. The van der Waals surface area contributed by atoms with Crippen LogP contribution in [0.3, 0.4) is 0 Å². The number of methoxy groups -OCH3 is 1. The van der Waals surface area contributed by atoms with Crippen molar-refractivity contribution in [3.05, 3.63) is 0 Å². The molecule has 0 bridgehead atoms. The lowest BCUT2D eigenvalue weighted by Gasteiger charge is -2.15. The van der Waals surface area contributed by atoms with Crippen LogP contribution in [0.25, 0.3) is 0 Å². The Labute approximate surface area is 75.5 Å². The Morgan fingerprint density at radius 2 is 2.36 bits per heavy atom. The van der Waals surface area contributed by atoms with Gasteiger partial charge < -0.3 is 9.84 Å². The van der Waals surface area contributed by atoms with Crippen LogP contribution < -0.4 is 0 Å². The number of hydrogen-bond acceptors (Lipinski definition) is 3. The summed E-state index contributed by atoms with van der Waals surface area (Å²) in [6.45, 7) is 1.72. The maximum absolute atomic E-state index is 10.9. The zero-order valence-corrected chi connectivity index (χ0v) is 8.17. The van der Waals surface area contributed by atoms with E-state index in [4.69, 9.17) is 0 Å². The molecule has 11 heavy (non-hydrogen) atoms. The molecular weight excluding hydrogens is 211 g/mol. The van der Waals surface area contributed by atoms with Crippen LogP contribution in [0, 0.1) is 0 Å². The number of rotatable bonds is 4. The van der Waals surface area contributed by atoms with Gasteiger partial charge in [0.05, 0.1) is 19.0 Å². The number of carbonyl (C=O) groups excluding carboxylic acids is 1. The smallest absolute Gasteiger partial charge is 0.303 e. The zero-order chi connectivity index (χ0) is 8.85. The van der Waals surface area contributed by atoms with Gasteiger partial charge in [-0.3, -0.25) is 4.79 Å².